The van der Waals surface area contributed by atoms with Crippen LogP contribution in [0.15, 0.2) is 12.1 Å². The molecule has 0 N–H and O–H groups in total. The van der Waals surface area contributed by atoms with Crippen LogP contribution in [0.5, 0.6) is 0 Å². The molecule has 0 aliphatic rings. The van der Waals surface area contributed by atoms with Gasteiger partial charge < -0.3 is 4.74 Å². The van der Waals surface area contributed by atoms with Gasteiger partial charge in [-0.3, -0.25) is 4.79 Å². The van der Waals surface area contributed by atoms with Gasteiger partial charge in [0.15, 0.2) is 5.78 Å². The summed E-state index contributed by atoms with van der Waals surface area (Å²) in [5.41, 5.74) is 0. The Morgan fingerprint density at radius 2 is 2.31 bits per heavy atom. The SMILES string of the molecule is COCCCC(=O)c1ccc(C)s1. The molecule has 0 aliphatic heterocycles. The molecule has 0 amide bonds. The third kappa shape index (κ3) is 3.28. The second-order valence-corrected chi connectivity index (χ2v) is 4.22. The van der Waals surface area contributed by atoms with Gasteiger partial charge in [-0.15, -0.1) is 11.3 Å². The summed E-state index contributed by atoms with van der Waals surface area (Å²) in [5, 5.41) is 0. The lowest BCUT2D eigenvalue weighted by Crippen LogP contribution is -1.98. The largest absolute Gasteiger partial charge is 0.385 e. The molecule has 0 saturated carbocycles. The summed E-state index contributed by atoms with van der Waals surface area (Å²) in [7, 11) is 1.65. The second kappa shape index (κ2) is 5.14. The van der Waals surface area contributed by atoms with Crippen molar-refractivity contribution in [3.8, 4) is 0 Å². The first-order valence-corrected chi connectivity index (χ1v) is 5.14. The number of ether oxygens (including phenoxy) is 1. The number of hydrogen-bond donors (Lipinski definition) is 0. The van der Waals surface area contributed by atoms with E-state index in [9.17, 15) is 4.79 Å². The molecule has 1 heterocycles. The summed E-state index contributed by atoms with van der Waals surface area (Å²) in [6, 6.07) is 3.88. The zero-order valence-corrected chi connectivity index (χ0v) is 8.82. The van der Waals surface area contributed by atoms with Gasteiger partial charge in [0, 0.05) is 25.0 Å². The minimum Gasteiger partial charge on any atom is -0.385 e. The first-order chi connectivity index (χ1) is 6.24. The van der Waals surface area contributed by atoms with Crippen molar-refractivity contribution in [1.82, 2.24) is 0 Å². The molecule has 1 aromatic heterocycles. The van der Waals surface area contributed by atoms with Crippen molar-refractivity contribution in [2.24, 2.45) is 0 Å². The van der Waals surface area contributed by atoms with E-state index in [-0.39, 0.29) is 5.78 Å². The molecular weight excluding hydrogens is 184 g/mol. The highest BCUT2D eigenvalue weighted by Crippen LogP contribution is 2.17. The number of methoxy groups -OCH3 is 1. The van der Waals surface area contributed by atoms with Gasteiger partial charge in [0.25, 0.3) is 0 Å². The molecule has 0 aliphatic carbocycles. The molecule has 0 radical (unpaired) electrons. The first kappa shape index (κ1) is 10.4. The van der Waals surface area contributed by atoms with Gasteiger partial charge in [-0.1, -0.05) is 0 Å². The standard InChI is InChI=1S/C10H14O2S/c1-8-5-6-10(13-8)9(11)4-3-7-12-2/h5-6H,3-4,7H2,1-2H3. The number of carbonyl (C=O) groups excluding carboxylic acids is 1. The Morgan fingerprint density at radius 1 is 1.54 bits per heavy atom. The van der Waals surface area contributed by atoms with Crippen LogP contribution in [-0.2, 0) is 4.74 Å². The summed E-state index contributed by atoms with van der Waals surface area (Å²) in [6.07, 6.45) is 1.40. The Morgan fingerprint density at radius 3 is 2.85 bits per heavy atom. The lowest BCUT2D eigenvalue weighted by atomic mass is 10.2. The maximum Gasteiger partial charge on any atom is 0.172 e. The van der Waals surface area contributed by atoms with Crippen LogP contribution < -0.4 is 0 Å². The van der Waals surface area contributed by atoms with E-state index in [1.807, 2.05) is 19.1 Å². The fourth-order valence-electron chi connectivity index (χ4n) is 1.08. The molecular formula is C10H14O2S. The summed E-state index contributed by atoms with van der Waals surface area (Å²) < 4.78 is 4.88. The highest BCUT2D eigenvalue weighted by atomic mass is 32.1. The summed E-state index contributed by atoms with van der Waals surface area (Å²) in [4.78, 5) is 13.5. The van der Waals surface area contributed by atoms with Crippen LogP contribution in [0, 0.1) is 6.92 Å². The van der Waals surface area contributed by atoms with Crippen molar-refractivity contribution >= 4 is 17.1 Å². The minimum absolute atomic E-state index is 0.232. The monoisotopic (exact) mass is 198 g/mol. The Labute approximate surface area is 82.5 Å². The van der Waals surface area contributed by atoms with Gasteiger partial charge in [-0.25, -0.2) is 0 Å². The van der Waals surface area contributed by atoms with Crippen LogP contribution in [0.25, 0.3) is 0 Å². The van der Waals surface area contributed by atoms with E-state index in [2.05, 4.69) is 0 Å². The highest BCUT2D eigenvalue weighted by molar-refractivity contribution is 7.14. The molecule has 0 bridgehead atoms. The van der Waals surface area contributed by atoms with Crippen molar-refractivity contribution in [3.63, 3.8) is 0 Å². The molecule has 0 atom stereocenters. The number of hydrogen-bond acceptors (Lipinski definition) is 3. The molecule has 13 heavy (non-hydrogen) atoms. The second-order valence-electron chi connectivity index (χ2n) is 2.93. The van der Waals surface area contributed by atoms with Crippen LogP contribution >= 0.6 is 11.3 Å². The molecule has 0 fully saturated rings. The molecule has 3 heteroatoms. The smallest absolute Gasteiger partial charge is 0.172 e. The molecule has 0 aromatic carbocycles. The molecule has 1 rings (SSSR count). The lowest BCUT2D eigenvalue weighted by molar-refractivity contribution is 0.0967. The number of thiophene rings is 1. The van der Waals surface area contributed by atoms with Gasteiger partial charge in [0.1, 0.15) is 0 Å². The fourth-order valence-corrected chi connectivity index (χ4v) is 1.92. The van der Waals surface area contributed by atoms with Gasteiger partial charge in [-0.05, 0) is 25.5 Å². The van der Waals surface area contributed by atoms with Crippen molar-refractivity contribution in [3.05, 3.63) is 21.9 Å². The van der Waals surface area contributed by atoms with Gasteiger partial charge in [-0.2, -0.15) is 0 Å². The van der Waals surface area contributed by atoms with Gasteiger partial charge in [0.2, 0.25) is 0 Å². The Balaban J connectivity index is 2.40. The Hall–Kier alpha value is -0.670. The van der Waals surface area contributed by atoms with Crippen LogP contribution in [0.3, 0.4) is 0 Å². The number of carbonyl (C=O) groups is 1. The molecule has 0 unspecified atom stereocenters. The van der Waals surface area contributed by atoms with Crippen molar-refractivity contribution < 1.29 is 9.53 Å². The molecule has 0 spiro atoms. The summed E-state index contributed by atoms with van der Waals surface area (Å²) >= 11 is 1.56. The normalized spacial score (nSPS) is 10.3. The van der Waals surface area contributed by atoms with E-state index in [1.165, 1.54) is 4.88 Å². The van der Waals surface area contributed by atoms with E-state index in [0.29, 0.717) is 13.0 Å². The van der Waals surface area contributed by atoms with E-state index in [1.54, 1.807) is 18.4 Å². The predicted molar refractivity (Wildman–Crippen MR) is 54.5 cm³/mol. The zero-order valence-electron chi connectivity index (χ0n) is 8.00. The molecule has 72 valence electrons. The van der Waals surface area contributed by atoms with Gasteiger partial charge in [0.05, 0.1) is 4.88 Å². The molecule has 0 saturated heterocycles. The molecule has 2 nitrogen and oxygen atoms in total. The van der Waals surface area contributed by atoms with Crippen LogP contribution in [-0.4, -0.2) is 19.5 Å². The van der Waals surface area contributed by atoms with E-state index in [4.69, 9.17) is 4.74 Å². The average Bonchev–Trinajstić information content (AvgIpc) is 2.52. The summed E-state index contributed by atoms with van der Waals surface area (Å²) in [6.45, 7) is 2.67. The van der Waals surface area contributed by atoms with Crippen molar-refractivity contribution in [2.45, 2.75) is 19.8 Å². The Bertz CT molecular complexity index is 278. The van der Waals surface area contributed by atoms with Crippen molar-refractivity contribution in [2.75, 3.05) is 13.7 Å². The fraction of sp³-hybridized carbons (Fsp3) is 0.500. The average molecular weight is 198 g/mol. The van der Waals surface area contributed by atoms with Crippen LogP contribution in [0.2, 0.25) is 0 Å². The maximum atomic E-state index is 11.5. The predicted octanol–water partition coefficient (Wildman–Crippen LogP) is 2.67. The first-order valence-electron chi connectivity index (χ1n) is 4.32. The number of Topliss-reactive ketones (excluding diaryl/α,β-unsaturated/α-hetero) is 1. The van der Waals surface area contributed by atoms with Crippen LogP contribution in [0.1, 0.15) is 27.4 Å². The Kier molecular flexibility index (Phi) is 4.12. The third-order valence-corrected chi connectivity index (χ3v) is 2.81. The van der Waals surface area contributed by atoms with E-state index < -0.39 is 0 Å². The van der Waals surface area contributed by atoms with E-state index in [0.717, 1.165) is 11.3 Å². The lowest BCUT2D eigenvalue weighted by Gasteiger charge is -1.96. The quantitative estimate of drug-likeness (QED) is 0.537. The number of ketones is 1. The minimum atomic E-state index is 0.232. The summed E-state index contributed by atoms with van der Waals surface area (Å²) in [5.74, 6) is 0.232. The van der Waals surface area contributed by atoms with E-state index >= 15 is 0 Å². The topological polar surface area (TPSA) is 26.3 Å². The zero-order chi connectivity index (χ0) is 9.68. The maximum absolute atomic E-state index is 11.5. The van der Waals surface area contributed by atoms with Crippen LogP contribution in [0.4, 0.5) is 0 Å². The highest BCUT2D eigenvalue weighted by Gasteiger charge is 2.06. The van der Waals surface area contributed by atoms with Gasteiger partial charge >= 0.3 is 0 Å². The molecule has 1 aromatic rings. The number of aryl methyl sites for hydroxylation is 1. The number of rotatable bonds is 5. The third-order valence-electron chi connectivity index (χ3n) is 1.77. The van der Waals surface area contributed by atoms with Crippen molar-refractivity contribution in [1.29, 1.82) is 0 Å².